The van der Waals surface area contributed by atoms with Crippen LogP contribution < -0.4 is 9.64 Å². The van der Waals surface area contributed by atoms with E-state index in [-0.39, 0.29) is 32.7 Å². The van der Waals surface area contributed by atoms with Crippen LogP contribution in [-0.4, -0.2) is 28.9 Å². The SMILES string of the molecule is CCc1ccc2nc(N3C(=O)C(=O)/C(=C(/O)c4cc(Cl)c(OC)c(Cl)c4)C3c3cccc(C)c3)sc2c1. The van der Waals surface area contributed by atoms with Gasteiger partial charge in [0.25, 0.3) is 5.78 Å². The van der Waals surface area contributed by atoms with Crippen molar-refractivity contribution in [1.82, 2.24) is 4.98 Å². The number of nitrogens with zero attached hydrogens (tertiary/aromatic N) is 2. The third-order valence-electron chi connectivity index (χ3n) is 6.33. The van der Waals surface area contributed by atoms with Gasteiger partial charge in [-0.2, -0.15) is 0 Å². The molecule has 9 heteroatoms. The maximum absolute atomic E-state index is 13.5. The van der Waals surface area contributed by atoms with Crippen LogP contribution in [0.4, 0.5) is 5.13 Å². The number of aliphatic hydroxyl groups is 1. The lowest BCUT2D eigenvalue weighted by Gasteiger charge is -2.23. The number of amides is 1. The Morgan fingerprint density at radius 3 is 2.49 bits per heavy atom. The van der Waals surface area contributed by atoms with E-state index in [2.05, 4.69) is 11.9 Å². The third-order valence-corrected chi connectivity index (χ3v) is 7.91. The number of aromatic nitrogens is 1. The Hall–Kier alpha value is -3.39. The molecule has 4 aromatic rings. The molecule has 6 nitrogen and oxygen atoms in total. The van der Waals surface area contributed by atoms with Crippen molar-refractivity contribution in [2.75, 3.05) is 12.0 Å². The monoisotopic (exact) mass is 552 g/mol. The van der Waals surface area contributed by atoms with Gasteiger partial charge < -0.3 is 9.84 Å². The molecule has 0 saturated carbocycles. The predicted molar refractivity (Wildman–Crippen MR) is 148 cm³/mol. The first kappa shape index (κ1) is 25.3. The molecule has 0 bridgehead atoms. The molecule has 2 heterocycles. The number of thiazole rings is 1. The lowest BCUT2D eigenvalue weighted by molar-refractivity contribution is -0.132. The van der Waals surface area contributed by atoms with Crippen molar-refractivity contribution >= 4 is 67.3 Å². The second-order valence-corrected chi connectivity index (χ2v) is 10.5. The number of fused-ring (bicyclic) bond motifs is 1. The second kappa shape index (κ2) is 9.82. The number of hydrogen-bond acceptors (Lipinski definition) is 6. The van der Waals surface area contributed by atoms with Crippen molar-refractivity contribution in [3.63, 3.8) is 0 Å². The van der Waals surface area contributed by atoms with Gasteiger partial charge in [-0.15, -0.1) is 0 Å². The molecule has 3 aromatic carbocycles. The van der Waals surface area contributed by atoms with Gasteiger partial charge in [0.2, 0.25) is 0 Å². The lowest BCUT2D eigenvalue weighted by atomic mass is 9.94. The molecule has 1 aromatic heterocycles. The second-order valence-electron chi connectivity index (χ2n) is 8.71. The van der Waals surface area contributed by atoms with Crippen molar-refractivity contribution < 1.29 is 19.4 Å². The molecule has 0 spiro atoms. The molecule has 1 atom stereocenters. The summed E-state index contributed by atoms with van der Waals surface area (Å²) in [6, 6.07) is 15.4. The van der Waals surface area contributed by atoms with E-state index < -0.39 is 17.7 Å². The average molecular weight is 553 g/mol. The van der Waals surface area contributed by atoms with Crippen molar-refractivity contribution in [3.8, 4) is 5.75 Å². The predicted octanol–water partition coefficient (Wildman–Crippen LogP) is 7.11. The van der Waals surface area contributed by atoms with Crippen molar-refractivity contribution in [2.45, 2.75) is 26.3 Å². The van der Waals surface area contributed by atoms with Crippen LogP contribution in [0.5, 0.6) is 5.75 Å². The topological polar surface area (TPSA) is 79.7 Å². The first-order valence-electron chi connectivity index (χ1n) is 11.5. The van der Waals surface area contributed by atoms with E-state index in [1.807, 2.05) is 49.4 Å². The molecule has 188 valence electrons. The van der Waals surface area contributed by atoms with E-state index in [9.17, 15) is 14.7 Å². The number of aryl methyl sites for hydroxylation is 2. The lowest BCUT2D eigenvalue weighted by Crippen LogP contribution is -2.29. The fourth-order valence-corrected chi connectivity index (χ4v) is 6.21. The Labute approximate surface area is 227 Å². The summed E-state index contributed by atoms with van der Waals surface area (Å²) in [7, 11) is 1.43. The highest BCUT2D eigenvalue weighted by atomic mass is 35.5. The fraction of sp³-hybridized carbons (Fsp3) is 0.179. The zero-order chi connectivity index (χ0) is 26.4. The quantitative estimate of drug-likeness (QED) is 0.162. The van der Waals surface area contributed by atoms with Gasteiger partial charge >= 0.3 is 5.91 Å². The maximum Gasteiger partial charge on any atom is 0.301 e. The molecule has 0 radical (unpaired) electrons. The standard InChI is InChI=1S/C28H22Cl2N2O4S/c1-4-15-8-9-20-21(11-15)37-28(31-20)32-23(16-7-5-6-14(2)10-16)22(25(34)27(32)35)24(33)17-12-18(29)26(36-3)19(30)13-17/h5-13,23,33H,4H2,1-3H3/b24-22+. The highest BCUT2D eigenvalue weighted by molar-refractivity contribution is 7.22. The molecular weight excluding hydrogens is 531 g/mol. The molecule has 1 aliphatic heterocycles. The molecule has 1 amide bonds. The number of Topliss-reactive ketones (excluding diaryl/α,β-unsaturated/α-hetero) is 1. The Morgan fingerprint density at radius 1 is 1.11 bits per heavy atom. The summed E-state index contributed by atoms with van der Waals surface area (Å²) in [6.45, 7) is 3.99. The van der Waals surface area contributed by atoms with Crippen LogP contribution in [0.3, 0.4) is 0 Å². The molecule has 1 N–H and O–H groups in total. The van der Waals surface area contributed by atoms with Gasteiger partial charge in [-0.25, -0.2) is 4.98 Å². The van der Waals surface area contributed by atoms with Crippen LogP contribution in [0.15, 0.2) is 60.2 Å². The Bertz CT molecular complexity index is 1590. The summed E-state index contributed by atoms with van der Waals surface area (Å²) in [4.78, 5) is 33.0. The number of aliphatic hydroxyl groups excluding tert-OH is 1. The van der Waals surface area contributed by atoms with Crippen LogP contribution in [0.25, 0.3) is 16.0 Å². The fourth-order valence-electron chi connectivity index (χ4n) is 4.51. The van der Waals surface area contributed by atoms with Gasteiger partial charge in [-0.1, -0.05) is 77.4 Å². The van der Waals surface area contributed by atoms with Gasteiger partial charge in [0.1, 0.15) is 5.76 Å². The van der Waals surface area contributed by atoms with E-state index in [1.54, 1.807) is 0 Å². The summed E-state index contributed by atoms with van der Waals surface area (Å²) in [6.07, 6.45) is 0.865. The number of methoxy groups -OCH3 is 1. The first-order chi connectivity index (χ1) is 17.7. The summed E-state index contributed by atoms with van der Waals surface area (Å²) in [5.74, 6) is -1.72. The van der Waals surface area contributed by atoms with Crippen LogP contribution in [0.1, 0.15) is 35.2 Å². The minimum atomic E-state index is -0.897. The van der Waals surface area contributed by atoms with Crippen LogP contribution in [-0.2, 0) is 16.0 Å². The number of benzene rings is 3. The van der Waals surface area contributed by atoms with Crippen molar-refractivity contribution in [1.29, 1.82) is 0 Å². The van der Waals surface area contributed by atoms with E-state index in [0.29, 0.717) is 10.7 Å². The van der Waals surface area contributed by atoms with Gasteiger partial charge in [0, 0.05) is 5.56 Å². The minimum Gasteiger partial charge on any atom is -0.507 e. The molecule has 1 saturated heterocycles. The summed E-state index contributed by atoms with van der Waals surface area (Å²) >= 11 is 13.9. The Kier molecular flexibility index (Phi) is 6.70. The number of hydrogen-bond donors (Lipinski definition) is 1. The van der Waals surface area contributed by atoms with E-state index >= 15 is 0 Å². The molecule has 37 heavy (non-hydrogen) atoms. The highest BCUT2D eigenvalue weighted by Gasteiger charge is 2.48. The zero-order valence-electron chi connectivity index (χ0n) is 20.2. The average Bonchev–Trinajstić information content (AvgIpc) is 3.41. The summed E-state index contributed by atoms with van der Waals surface area (Å²) in [5, 5.41) is 12.1. The molecule has 1 unspecified atom stereocenters. The van der Waals surface area contributed by atoms with Crippen LogP contribution in [0, 0.1) is 6.92 Å². The van der Waals surface area contributed by atoms with Crippen molar-refractivity contribution in [3.05, 3.63) is 92.5 Å². The number of anilines is 1. The van der Waals surface area contributed by atoms with Crippen LogP contribution in [0.2, 0.25) is 10.0 Å². The number of halogens is 2. The van der Waals surface area contributed by atoms with Gasteiger partial charge in [-0.05, 0) is 48.7 Å². The van der Waals surface area contributed by atoms with E-state index in [1.165, 1.54) is 35.5 Å². The maximum atomic E-state index is 13.5. The van der Waals surface area contributed by atoms with Crippen molar-refractivity contribution in [2.24, 2.45) is 0 Å². The van der Waals surface area contributed by atoms with E-state index in [4.69, 9.17) is 27.9 Å². The normalized spacial score (nSPS) is 17.1. The summed E-state index contributed by atoms with van der Waals surface area (Å²) < 4.78 is 6.11. The Balaban J connectivity index is 1.73. The smallest absolute Gasteiger partial charge is 0.301 e. The minimum absolute atomic E-state index is 0.0681. The number of rotatable bonds is 5. The largest absolute Gasteiger partial charge is 0.507 e. The Morgan fingerprint density at radius 2 is 1.84 bits per heavy atom. The molecule has 0 aliphatic carbocycles. The summed E-state index contributed by atoms with van der Waals surface area (Å²) in [5.41, 5.74) is 3.62. The van der Waals surface area contributed by atoms with E-state index in [0.717, 1.165) is 27.8 Å². The first-order valence-corrected chi connectivity index (χ1v) is 13.1. The highest BCUT2D eigenvalue weighted by Crippen LogP contribution is 2.45. The molecule has 1 fully saturated rings. The number of carbonyl (C=O) groups is 2. The third kappa shape index (κ3) is 4.37. The van der Waals surface area contributed by atoms with Gasteiger partial charge in [0.05, 0.1) is 39.0 Å². The van der Waals surface area contributed by atoms with Crippen LogP contribution >= 0.6 is 34.5 Å². The molecule has 1 aliphatic rings. The van der Waals surface area contributed by atoms with Gasteiger partial charge in [-0.3, -0.25) is 14.5 Å². The zero-order valence-corrected chi connectivity index (χ0v) is 22.5. The number of carbonyl (C=O) groups excluding carboxylic acids is 2. The molecular formula is C28H22Cl2N2O4S. The van der Waals surface area contributed by atoms with Gasteiger partial charge in [0.15, 0.2) is 10.9 Å². The molecule has 5 rings (SSSR count). The number of ether oxygens (including phenoxy) is 1. The number of ketones is 1.